The van der Waals surface area contributed by atoms with E-state index in [4.69, 9.17) is 9.47 Å². The van der Waals surface area contributed by atoms with E-state index in [9.17, 15) is 9.59 Å². The van der Waals surface area contributed by atoms with E-state index in [-0.39, 0.29) is 18.5 Å². The van der Waals surface area contributed by atoms with Crippen LogP contribution in [-0.2, 0) is 25.5 Å². The fourth-order valence-electron chi connectivity index (χ4n) is 2.88. The van der Waals surface area contributed by atoms with E-state index >= 15 is 0 Å². The molecule has 0 saturated carbocycles. The summed E-state index contributed by atoms with van der Waals surface area (Å²) in [6, 6.07) is 8.10. The minimum atomic E-state index is -0.323. The Bertz CT molecular complexity index is 704. The molecule has 0 aliphatic carbocycles. The van der Waals surface area contributed by atoms with Gasteiger partial charge in [-0.25, -0.2) is 0 Å². The maximum absolute atomic E-state index is 11.9. The van der Waals surface area contributed by atoms with Gasteiger partial charge in [0, 0.05) is 36.6 Å². The number of hydrogen-bond donors (Lipinski definition) is 1. The van der Waals surface area contributed by atoms with Gasteiger partial charge in [0.25, 0.3) is 5.91 Å². The van der Waals surface area contributed by atoms with E-state index in [1.165, 1.54) is 10.9 Å². The highest BCUT2D eigenvalue weighted by atomic mass is 16.5. The summed E-state index contributed by atoms with van der Waals surface area (Å²) in [5.41, 5.74) is 2.30. The number of aromatic nitrogens is 1. The van der Waals surface area contributed by atoms with Gasteiger partial charge >= 0.3 is 5.97 Å². The summed E-state index contributed by atoms with van der Waals surface area (Å²) in [6.45, 7) is 2.05. The standard InChI is InChI=1S/C18H22N2O4/c21-17(20-8-10-23-11-9-20)13-24-18(22)7-3-4-14-12-19-16-6-2-1-5-15(14)16/h1-2,5-6,12,19H,3-4,7-11,13H2. The molecular formula is C18H22N2O4. The first kappa shape index (κ1) is 16.5. The third-order valence-electron chi connectivity index (χ3n) is 4.22. The number of benzene rings is 1. The van der Waals surface area contributed by atoms with Crippen molar-refractivity contribution in [2.75, 3.05) is 32.9 Å². The van der Waals surface area contributed by atoms with Gasteiger partial charge in [-0.1, -0.05) is 18.2 Å². The average Bonchev–Trinajstić information content (AvgIpc) is 3.04. The van der Waals surface area contributed by atoms with Gasteiger partial charge in [-0.05, 0) is 24.5 Å². The Hall–Kier alpha value is -2.34. The topological polar surface area (TPSA) is 71.6 Å². The summed E-state index contributed by atoms with van der Waals surface area (Å²) >= 11 is 0. The smallest absolute Gasteiger partial charge is 0.306 e. The number of carbonyl (C=O) groups excluding carboxylic acids is 2. The minimum Gasteiger partial charge on any atom is -0.456 e. The monoisotopic (exact) mass is 330 g/mol. The molecule has 6 heteroatoms. The van der Waals surface area contributed by atoms with E-state index in [2.05, 4.69) is 11.1 Å². The van der Waals surface area contributed by atoms with Gasteiger partial charge in [0.15, 0.2) is 6.61 Å². The molecule has 1 aromatic heterocycles. The third kappa shape index (κ3) is 4.14. The van der Waals surface area contributed by atoms with Crippen molar-refractivity contribution in [1.82, 2.24) is 9.88 Å². The Morgan fingerprint density at radius 2 is 2.00 bits per heavy atom. The zero-order chi connectivity index (χ0) is 16.8. The van der Waals surface area contributed by atoms with Gasteiger partial charge in [0.1, 0.15) is 0 Å². The maximum atomic E-state index is 11.9. The third-order valence-corrected chi connectivity index (χ3v) is 4.22. The molecule has 0 atom stereocenters. The van der Waals surface area contributed by atoms with E-state index < -0.39 is 0 Å². The Morgan fingerprint density at radius 3 is 2.83 bits per heavy atom. The lowest BCUT2D eigenvalue weighted by atomic mass is 10.1. The first-order chi connectivity index (χ1) is 11.7. The molecule has 1 amide bonds. The number of aromatic amines is 1. The molecule has 2 heterocycles. The van der Waals surface area contributed by atoms with Gasteiger partial charge in [-0.15, -0.1) is 0 Å². The van der Waals surface area contributed by atoms with Crippen LogP contribution in [-0.4, -0.2) is 54.7 Å². The number of esters is 1. The molecule has 128 valence electrons. The lowest BCUT2D eigenvalue weighted by molar-refractivity contribution is -0.153. The molecule has 6 nitrogen and oxygen atoms in total. The van der Waals surface area contributed by atoms with Crippen molar-refractivity contribution in [3.63, 3.8) is 0 Å². The molecule has 1 aromatic carbocycles. The number of ether oxygens (including phenoxy) is 2. The van der Waals surface area contributed by atoms with E-state index in [1.54, 1.807) is 4.90 Å². The van der Waals surface area contributed by atoms with Crippen LogP contribution < -0.4 is 0 Å². The van der Waals surface area contributed by atoms with Crippen LogP contribution in [0.1, 0.15) is 18.4 Å². The van der Waals surface area contributed by atoms with Gasteiger partial charge in [-0.3, -0.25) is 9.59 Å². The van der Waals surface area contributed by atoms with Crippen molar-refractivity contribution < 1.29 is 19.1 Å². The molecule has 1 aliphatic heterocycles. The van der Waals surface area contributed by atoms with Crippen molar-refractivity contribution >= 4 is 22.8 Å². The number of nitrogens with zero attached hydrogens (tertiary/aromatic N) is 1. The largest absolute Gasteiger partial charge is 0.456 e. The number of nitrogens with one attached hydrogen (secondary N) is 1. The molecule has 1 aliphatic rings. The van der Waals surface area contributed by atoms with Crippen LogP contribution >= 0.6 is 0 Å². The molecule has 1 fully saturated rings. The second-order valence-corrected chi connectivity index (χ2v) is 5.87. The van der Waals surface area contributed by atoms with E-state index in [0.717, 1.165) is 11.9 Å². The number of amides is 1. The van der Waals surface area contributed by atoms with Crippen LogP contribution in [0.2, 0.25) is 0 Å². The Kier molecular flexibility index (Phi) is 5.48. The normalized spacial score (nSPS) is 14.8. The lowest BCUT2D eigenvalue weighted by Crippen LogP contribution is -2.42. The molecule has 1 saturated heterocycles. The summed E-state index contributed by atoms with van der Waals surface area (Å²) in [6.07, 6.45) is 3.80. The first-order valence-corrected chi connectivity index (χ1v) is 8.30. The van der Waals surface area contributed by atoms with Crippen LogP contribution in [0.4, 0.5) is 0 Å². The average molecular weight is 330 g/mol. The quantitative estimate of drug-likeness (QED) is 0.821. The predicted molar refractivity (Wildman–Crippen MR) is 89.6 cm³/mol. The molecule has 0 spiro atoms. The minimum absolute atomic E-state index is 0.150. The van der Waals surface area contributed by atoms with Crippen molar-refractivity contribution in [2.45, 2.75) is 19.3 Å². The molecule has 0 unspecified atom stereocenters. The van der Waals surface area contributed by atoms with Crippen molar-refractivity contribution in [3.8, 4) is 0 Å². The van der Waals surface area contributed by atoms with Crippen LogP contribution in [0.15, 0.2) is 30.5 Å². The van der Waals surface area contributed by atoms with Gasteiger partial charge in [0.2, 0.25) is 0 Å². The van der Waals surface area contributed by atoms with Crippen molar-refractivity contribution in [2.24, 2.45) is 0 Å². The summed E-state index contributed by atoms with van der Waals surface area (Å²) in [4.78, 5) is 28.6. The summed E-state index contributed by atoms with van der Waals surface area (Å²) in [5, 5.41) is 1.19. The number of carbonyl (C=O) groups is 2. The number of aryl methyl sites for hydroxylation is 1. The molecule has 24 heavy (non-hydrogen) atoms. The van der Waals surface area contributed by atoms with Crippen LogP contribution in [0, 0.1) is 0 Å². The highest BCUT2D eigenvalue weighted by molar-refractivity contribution is 5.83. The molecular weight excluding hydrogens is 308 g/mol. The number of para-hydroxylation sites is 1. The van der Waals surface area contributed by atoms with Gasteiger partial charge in [0.05, 0.1) is 13.2 Å². The maximum Gasteiger partial charge on any atom is 0.306 e. The Morgan fingerprint density at radius 1 is 1.21 bits per heavy atom. The summed E-state index contributed by atoms with van der Waals surface area (Å²) in [7, 11) is 0. The number of fused-ring (bicyclic) bond motifs is 1. The first-order valence-electron chi connectivity index (χ1n) is 8.30. The number of hydrogen-bond acceptors (Lipinski definition) is 4. The highest BCUT2D eigenvalue weighted by Crippen LogP contribution is 2.19. The molecule has 3 rings (SSSR count). The van der Waals surface area contributed by atoms with Crippen molar-refractivity contribution in [1.29, 1.82) is 0 Å². The fourth-order valence-corrected chi connectivity index (χ4v) is 2.88. The van der Waals surface area contributed by atoms with E-state index in [1.807, 2.05) is 24.4 Å². The molecule has 0 bridgehead atoms. The number of morpholine rings is 1. The highest BCUT2D eigenvalue weighted by Gasteiger charge is 2.18. The van der Waals surface area contributed by atoms with Crippen LogP contribution in [0.25, 0.3) is 10.9 Å². The SMILES string of the molecule is O=C(CCCc1c[nH]c2ccccc12)OCC(=O)N1CCOCC1. The molecule has 0 radical (unpaired) electrons. The zero-order valence-electron chi connectivity index (χ0n) is 13.6. The Labute approximate surface area is 140 Å². The second kappa shape index (κ2) is 7.97. The Balaban J connectivity index is 1.38. The molecule has 1 N–H and O–H groups in total. The van der Waals surface area contributed by atoms with Crippen LogP contribution in [0.5, 0.6) is 0 Å². The van der Waals surface area contributed by atoms with Gasteiger partial charge in [-0.2, -0.15) is 0 Å². The number of H-pyrrole nitrogens is 1. The number of rotatable bonds is 6. The lowest BCUT2D eigenvalue weighted by Gasteiger charge is -2.26. The van der Waals surface area contributed by atoms with Crippen molar-refractivity contribution in [3.05, 3.63) is 36.0 Å². The fraction of sp³-hybridized carbons (Fsp3) is 0.444. The summed E-state index contributed by atoms with van der Waals surface area (Å²) in [5.74, 6) is -0.472. The van der Waals surface area contributed by atoms with E-state index in [0.29, 0.717) is 39.1 Å². The second-order valence-electron chi connectivity index (χ2n) is 5.87. The predicted octanol–water partition coefficient (Wildman–Crippen LogP) is 1.89. The zero-order valence-corrected chi connectivity index (χ0v) is 13.6. The molecule has 2 aromatic rings. The van der Waals surface area contributed by atoms with Crippen LogP contribution in [0.3, 0.4) is 0 Å². The van der Waals surface area contributed by atoms with Gasteiger partial charge < -0.3 is 19.4 Å². The summed E-state index contributed by atoms with van der Waals surface area (Å²) < 4.78 is 10.3.